The number of rotatable bonds is 7. The van der Waals surface area contributed by atoms with Crippen molar-refractivity contribution in [1.29, 1.82) is 0 Å². The first-order chi connectivity index (χ1) is 9.08. The second-order valence-electron chi connectivity index (χ2n) is 4.83. The van der Waals surface area contributed by atoms with Crippen molar-refractivity contribution in [2.45, 2.75) is 33.2 Å². The molecule has 1 rings (SSSR count). The van der Waals surface area contributed by atoms with Crippen molar-refractivity contribution in [3.63, 3.8) is 0 Å². The van der Waals surface area contributed by atoms with Gasteiger partial charge < -0.3 is 14.8 Å². The lowest BCUT2D eigenvalue weighted by Crippen LogP contribution is -2.30. The van der Waals surface area contributed by atoms with Crippen LogP contribution >= 0.6 is 0 Å². The number of carbonyl (C=O) groups excluding carboxylic acids is 1. The molecule has 0 aliphatic heterocycles. The first kappa shape index (κ1) is 15.3. The highest BCUT2D eigenvalue weighted by Gasteiger charge is 2.18. The Morgan fingerprint density at radius 3 is 2.58 bits per heavy atom. The highest BCUT2D eigenvalue weighted by molar-refractivity contribution is 5.79. The lowest BCUT2D eigenvalue weighted by molar-refractivity contribution is -0.141. The smallest absolute Gasteiger partial charge is 0.328 e. The van der Waals surface area contributed by atoms with E-state index in [1.54, 1.807) is 0 Å². The molecule has 1 atom stereocenters. The molecule has 0 radical (unpaired) electrons. The molecule has 1 aromatic carbocycles. The second-order valence-corrected chi connectivity index (χ2v) is 4.83. The van der Waals surface area contributed by atoms with Crippen LogP contribution in [0.2, 0.25) is 0 Å². The molecule has 4 nitrogen and oxygen atoms in total. The number of carbonyl (C=O) groups is 1. The van der Waals surface area contributed by atoms with E-state index >= 15 is 0 Å². The summed E-state index contributed by atoms with van der Waals surface area (Å²) >= 11 is 0. The average molecular weight is 265 g/mol. The van der Waals surface area contributed by atoms with Crippen LogP contribution in [0.15, 0.2) is 24.3 Å². The SMILES string of the molecule is CCC(Nc1ccccc1OCC(C)C)C(=O)OC. The van der Waals surface area contributed by atoms with E-state index in [9.17, 15) is 4.79 Å². The molecular formula is C15H23NO3. The Hall–Kier alpha value is -1.71. The first-order valence-corrected chi connectivity index (χ1v) is 6.64. The topological polar surface area (TPSA) is 47.6 Å². The Labute approximate surface area is 115 Å². The van der Waals surface area contributed by atoms with E-state index in [1.807, 2.05) is 31.2 Å². The van der Waals surface area contributed by atoms with Crippen LogP contribution in [-0.2, 0) is 9.53 Å². The van der Waals surface area contributed by atoms with E-state index in [4.69, 9.17) is 9.47 Å². The average Bonchev–Trinajstić information content (AvgIpc) is 2.42. The molecule has 0 amide bonds. The number of nitrogens with one attached hydrogen (secondary N) is 1. The van der Waals surface area contributed by atoms with E-state index in [-0.39, 0.29) is 12.0 Å². The second kappa shape index (κ2) is 7.67. The molecule has 0 bridgehead atoms. The highest BCUT2D eigenvalue weighted by Crippen LogP contribution is 2.25. The van der Waals surface area contributed by atoms with E-state index < -0.39 is 0 Å². The molecule has 1 aromatic rings. The third-order valence-electron chi connectivity index (χ3n) is 2.68. The lowest BCUT2D eigenvalue weighted by Gasteiger charge is -2.19. The van der Waals surface area contributed by atoms with E-state index in [2.05, 4.69) is 19.2 Å². The van der Waals surface area contributed by atoms with Gasteiger partial charge in [-0.25, -0.2) is 4.79 Å². The summed E-state index contributed by atoms with van der Waals surface area (Å²) in [7, 11) is 1.40. The minimum Gasteiger partial charge on any atom is -0.491 e. The van der Waals surface area contributed by atoms with Gasteiger partial charge in [0.05, 0.1) is 19.4 Å². The van der Waals surface area contributed by atoms with Crippen LogP contribution in [-0.4, -0.2) is 25.7 Å². The summed E-state index contributed by atoms with van der Waals surface area (Å²) in [6.45, 7) is 6.78. The van der Waals surface area contributed by atoms with Gasteiger partial charge in [0.25, 0.3) is 0 Å². The molecule has 1 N–H and O–H groups in total. The molecule has 0 aliphatic rings. The summed E-state index contributed by atoms with van der Waals surface area (Å²) in [4.78, 5) is 11.6. The van der Waals surface area contributed by atoms with Crippen LogP contribution in [0.25, 0.3) is 0 Å². The maximum Gasteiger partial charge on any atom is 0.328 e. The first-order valence-electron chi connectivity index (χ1n) is 6.64. The summed E-state index contributed by atoms with van der Waals surface area (Å²) in [5.41, 5.74) is 0.820. The van der Waals surface area contributed by atoms with E-state index in [0.29, 0.717) is 18.9 Å². The monoisotopic (exact) mass is 265 g/mol. The number of hydrogen-bond donors (Lipinski definition) is 1. The third kappa shape index (κ3) is 4.81. The quantitative estimate of drug-likeness (QED) is 0.770. The third-order valence-corrected chi connectivity index (χ3v) is 2.68. The summed E-state index contributed by atoms with van der Waals surface area (Å²) in [6, 6.07) is 7.28. The molecule has 0 spiro atoms. The Morgan fingerprint density at radius 2 is 2.00 bits per heavy atom. The van der Waals surface area contributed by atoms with Gasteiger partial charge in [0.2, 0.25) is 0 Å². The predicted octanol–water partition coefficient (Wildman–Crippen LogP) is 3.08. The number of benzene rings is 1. The fourth-order valence-electron chi connectivity index (χ4n) is 1.63. The van der Waals surface area contributed by atoms with Crippen LogP contribution in [0.1, 0.15) is 27.2 Å². The van der Waals surface area contributed by atoms with Crippen LogP contribution in [0, 0.1) is 5.92 Å². The standard InChI is InChI=1S/C15H23NO3/c1-5-12(15(17)18-4)16-13-8-6-7-9-14(13)19-10-11(2)3/h6-9,11-12,16H,5,10H2,1-4H3. The van der Waals surface area contributed by atoms with Crippen molar-refractivity contribution >= 4 is 11.7 Å². The largest absolute Gasteiger partial charge is 0.491 e. The molecule has 4 heteroatoms. The minimum absolute atomic E-state index is 0.263. The maximum atomic E-state index is 11.6. The zero-order chi connectivity index (χ0) is 14.3. The molecule has 0 heterocycles. The molecule has 0 aromatic heterocycles. The fraction of sp³-hybridized carbons (Fsp3) is 0.533. The zero-order valence-corrected chi connectivity index (χ0v) is 12.1. The van der Waals surface area contributed by atoms with Gasteiger partial charge >= 0.3 is 5.97 Å². The number of para-hydroxylation sites is 2. The number of hydrogen-bond acceptors (Lipinski definition) is 4. The van der Waals surface area contributed by atoms with Crippen molar-refractivity contribution in [2.24, 2.45) is 5.92 Å². The molecule has 106 valence electrons. The summed E-state index contributed by atoms with van der Waals surface area (Å²) in [6.07, 6.45) is 0.658. The van der Waals surface area contributed by atoms with Crippen molar-refractivity contribution in [3.05, 3.63) is 24.3 Å². The molecule has 0 saturated carbocycles. The molecule has 1 unspecified atom stereocenters. The minimum atomic E-state index is -0.353. The Bertz CT molecular complexity index is 404. The van der Waals surface area contributed by atoms with Crippen LogP contribution in [0.5, 0.6) is 5.75 Å². The van der Waals surface area contributed by atoms with E-state index in [1.165, 1.54) is 7.11 Å². The normalized spacial score (nSPS) is 12.1. The van der Waals surface area contributed by atoms with Crippen LogP contribution in [0.3, 0.4) is 0 Å². The van der Waals surface area contributed by atoms with Gasteiger partial charge in [-0.3, -0.25) is 0 Å². The zero-order valence-electron chi connectivity index (χ0n) is 12.1. The molecule has 19 heavy (non-hydrogen) atoms. The van der Waals surface area contributed by atoms with Crippen LogP contribution in [0.4, 0.5) is 5.69 Å². The highest BCUT2D eigenvalue weighted by atomic mass is 16.5. The summed E-state index contributed by atoms with van der Waals surface area (Å²) < 4.78 is 10.5. The number of anilines is 1. The van der Waals surface area contributed by atoms with Gasteiger partial charge in [-0.15, -0.1) is 0 Å². The number of methoxy groups -OCH3 is 1. The molecule has 0 aliphatic carbocycles. The Kier molecular flexibility index (Phi) is 6.19. The van der Waals surface area contributed by atoms with Gasteiger partial charge in [-0.2, -0.15) is 0 Å². The van der Waals surface area contributed by atoms with Gasteiger partial charge in [-0.05, 0) is 24.5 Å². The Balaban J connectivity index is 2.78. The Morgan fingerprint density at radius 1 is 1.32 bits per heavy atom. The van der Waals surface area contributed by atoms with Gasteiger partial charge in [0, 0.05) is 0 Å². The lowest BCUT2D eigenvalue weighted by atomic mass is 10.2. The predicted molar refractivity (Wildman–Crippen MR) is 76.5 cm³/mol. The van der Waals surface area contributed by atoms with Crippen molar-refractivity contribution in [3.8, 4) is 5.75 Å². The van der Waals surface area contributed by atoms with E-state index in [0.717, 1.165) is 11.4 Å². The van der Waals surface area contributed by atoms with Gasteiger partial charge in [-0.1, -0.05) is 32.9 Å². The van der Waals surface area contributed by atoms with Crippen molar-refractivity contribution < 1.29 is 14.3 Å². The van der Waals surface area contributed by atoms with Crippen molar-refractivity contribution in [1.82, 2.24) is 0 Å². The fourth-order valence-corrected chi connectivity index (χ4v) is 1.63. The number of esters is 1. The maximum absolute atomic E-state index is 11.6. The number of ether oxygens (including phenoxy) is 2. The van der Waals surface area contributed by atoms with Crippen molar-refractivity contribution in [2.75, 3.05) is 19.0 Å². The van der Waals surface area contributed by atoms with Gasteiger partial charge in [0.1, 0.15) is 11.8 Å². The summed E-state index contributed by atoms with van der Waals surface area (Å²) in [5, 5.41) is 3.17. The molecule has 0 saturated heterocycles. The van der Waals surface area contributed by atoms with Gasteiger partial charge in [0.15, 0.2) is 0 Å². The molecule has 0 fully saturated rings. The van der Waals surface area contributed by atoms with Crippen LogP contribution < -0.4 is 10.1 Å². The summed E-state index contributed by atoms with van der Waals surface area (Å²) in [5.74, 6) is 0.954. The molecular weight excluding hydrogens is 242 g/mol.